The van der Waals surface area contributed by atoms with Crippen LogP contribution in [0.1, 0.15) is 58.7 Å². The van der Waals surface area contributed by atoms with E-state index in [1.165, 1.54) is 25.0 Å². The van der Waals surface area contributed by atoms with Gasteiger partial charge in [0.05, 0.1) is 5.69 Å². The Bertz CT molecular complexity index is 471. The number of hydrogen-bond donors (Lipinski definition) is 1. The normalized spacial score (nSPS) is 37.7. The van der Waals surface area contributed by atoms with Gasteiger partial charge in [0.1, 0.15) is 0 Å². The van der Waals surface area contributed by atoms with Gasteiger partial charge in [0.15, 0.2) is 0 Å². The van der Waals surface area contributed by atoms with Crippen molar-refractivity contribution in [3.05, 3.63) is 18.0 Å². The van der Waals surface area contributed by atoms with Crippen molar-refractivity contribution in [1.29, 1.82) is 0 Å². The van der Waals surface area contributed by atoms with E-state index in [1.807, 2.05) is 17.9 Å². The summed E-state index contributed by atoms with van der Waals surface area (Å²) in [5.41, 5.74) is 2.18. The molecular formula is C16H27N3. The molecule has 0 saturated heterocycles. The maximum atomic E-state index is 4.29. The van der Waals surface area contributed by atoms with Crippen LogP contribution in [-0.2, 0) is 7.05 Å². The fraction of sp³-hybridized carbons (Fsp3) is 0.812. The lowest BCUT2D eigenvalue weighted by Gasteiger charge is -2.44. The van der Waals surface area contributed by atoms with Gasteiger partial charge in [0, 0.05) is 25.3 Å². The van der Waals surface area contributed by atoms with E-state index in [2.05, 4.69) is 44.2 Å². The first kappa shape index (κ1) is 13.2. The molecule has 0 aromatic carbocycles. The molecule has 19 heavy (non-hydrogen) atoms. The molecule has 4 unspecified atom stereocenters. The van der Waals surface area contributed by atoms with Gasteiger partial charge in [0.25, 0.3) is 0 Å². The van der Waals surface area contributed by atoms with Crippen LogP contribution in [0.2, 0.25) is 0 Å². The van der Waals surface area contributed by atoms with E-state index in [9.17, 15) is 0 Å². The fourth-order valence-electron chi connectivity index (χ4n) is 4.86. The highest BCUT2D eigenvalue weighted by Gasteiger charge is 2.59. The number of aryl methyl sites for hydroxylation is 1. The second-order valence-corrected chi connectivity index (χ2v) is 7.62. The van der Waals surface area contributed by atoms with Gasteiger partial charge in [-0.3, -0.25) is 4.68 Å². The summed E-state index contributed by atoms with van der Waals surface area (Å²) in [5.74, 6) is 0.897. The quantitative estimate of drug-likeness (QED) is 0.905. The second kappa shape index (κ2) is 4.08. The standard InChI is InChI=1S/C16H27N3/c1-11(13-7-9-17-19(13)5)18-14-15(2,3)12-6-8-16(14,4)10-12/h7,9,11-12,14,18H,6,8,10H2,1-5H3. The van der Waals surface area contributed by atoms with Crippen LogP contribution in [0.25, 0.3) is 0 Å². The van der Waals surface area contributed by atoms with E-state index in [4.69, 9.17) is 0 Å². The summed E-state index contributed by atoms with van der Waals surface area (Å²) >= 11 is 0. The Balaban J connectivity index is 1.81. The van der Waals surface area contributed by atoms with Crippen molar-refractivity contribution < 1.29 is 0 Å². The van der Waals surface area contributed by atoms with Crippen LogP contribution in [-0.4, -0.2) is 15.8 Å². The van der Waals surface area contributed by atoms with Crippen molar-refractivity contribution >= 4 is 0 Å². The molecule has 2 aliphatic carbocycles. The molecule has 106 valence electrons. The number of aromatic nitrogens is 2. The molecule has 4 atom stereocenters. The van der Waals surface area contributed by atoms with Gasteiger partial charge in [-0.1, -0.05) is 20.8 Å². The summed E-state index contributed by atoms with van der Waals surface area (Å²) in [6.45, 7) is 9.66. The molecule has 1 N–H and O–H groups in total. The molecule has 3 rings (SSSR count). The van der Waals surface area contributed by atoms with E-state index in [-0.39, 0.29) is 0 Å². The molecule has 1 aromatic heterocycles. The van der Waals surface area contributed by atoms with Crippen molar-refractivity contribution in [2.24, 2.45) is 23.8 Å². The molecule has 0 aliphatic heterocycles. The number of nitrogens with zero attached hydrogens (tertiary/aromatic N) is 2. The average molecular weight is 261 g/mol. The highest BCUT2D eigenvalue weighted by molar-refractivity contribution is 5.14. The largest absolute Gasteiger partial charge is 0.305 e. The van der Waals surface area contributed by atoms with Gasteiger partial charge in [-0.05, 0) is 49.0 Å². The smallest absolute Gasteiger partial charge is 0.0547 e. The molecule has 3 nitrogen and oxygen atoms in total. The van der Waals surface area contributed by atoms with Crippen LogP contribution < -0.4 is 5.32 Å². The molecule has 1 heterocycles. The maximum absolute atomic E-state index is 4.29. The topological polar surface area (TPSA) is 29.9 Å². The number of hydrogen-bond acceptors (Lipinski definition) is 2. The SMILES string of the molecule is CC(NC1C2(C)CCC(C2)C1(C)C)c1ccnn1C. The third-order valence-electron chi connectivity index (χ3n) is 5.99. The molecule has 1 aromatic rings. The van der Waals surface area contributed by atoms with Crippen LogP contribution in [0.3, 0.4) is 0 Å². The van der Waals surface area contributed by atoms with Gasteiger partial charge >= 0.3 is 0 Å². The Labute approximate surface area is 116 Å². The summed E-state index contributed by atoms with van der Waals surface area (Å²) in [7, 11) is 2.03. The van der Waals surface area contributed by atoms with Crippen molar-refractivity contribution in [2.45, 2.75) is 59.0 Å². The predicted octanol–water partition coefficient (Wildman–Crippen LogP) is 3.29. The highest BCUT2D eigenvalue weighted by atomic mass is 15.3. The van der Waals surface area contributed by atoms with Gasteiger partial charge < -0.3 is 5.32 Å². The Morgan fingerprint density at radius 1 is 1.42 bits per heavy atom. The summed E-state index contributed by atoms with van der Waals surface area (Å²) in [6.07, 6.45) is 6.09. The lowest BCUT2D eigenvalue weighted by molar-refractivity contribution is 0.0993. The minimum Gasteiger partial charge on any atom is -0.305 e. The molecule has 0 amide bonds. The Hall–Kier alpha value is -0.830. The molecule has 3 heteroatoms. The third kappa shape index (κ3) is 1.85. The summed E-state index contributed by atoms with van der Waals surface area (Å²) in [5, 5.41) is 8.21. The summed E-state index contributed by atoms with van der Waals surface area (Å²) in [4.78, 5) is 0. The minimum atomic E-state index is 0.368. The molecule has 2 bridgehead atoms. The first-order valence-electron chi connectivity index (χ1n) is 7.58. The number of nitrogens with one attached hydrogen (secondary N) is 1. The van der Waals surface area contributed by atoms with E-state index in [0.29, 0.717) is 22.9 Å². The van der Waals surface area contributed by atoms with Crippen molar-refractivity contribution in [1.82, 2.24) is 15.1 Å². The molecule has 2 fully saturated rings. The monoisotopic (exact) mass is 261 g/mol. The molecule has 0 spiro atoms. The van der Waals surface area contributed by atoms with Crippen LogP contribution >= 0.6 is 0 Å². The predicted molar refractivity (Wildman–Crippen MR) is 77.8 cm³/mol. The Kier molecular flexibility index (Phi) is 2.83. The zero-order chi connectivity index (χ0) is 13.8. The number of fused-ring (bicyclic) bond motifs is 2. The second-order valence-electron chi connectivity index (χ2n) is 7.62. The summed E-state index contributed by atoms with van der Waals surface area (Å²) in [6, 6.07) is 3.11. The van der Waals surface area contributed by atoms with Gasteiger partial charge in [-0.15, -0.1) is 0 Å². The first-order valence-corrected chi connectivity index (χ1v) is 7.58. The Morgan fingerprint density at radius 3 is 2.68 bits per heavy atom. The molecule has 2 aliphatic rings. The van der Waals surface area contributed by atoms with E-state index in [1.54, 1.807) is 0 Å². The molecule has 0 radical (unpaired) electrons. The van der Waals surface area contributed by atoms with E-state index in [0.717, 1.165) is 5.92 Å². The van der Waals surface area contributed by atoms with Crippen LogP contribution in [0, 0.1) is 16.7 Å². The van der Waals surface area contributed by atoms with Crippen LogP contribution in [0.15, 0.2) is 12.3 Å². The van der Waals surface area contributed by atoms with Crippen LogP contribution in [0.4, 0.5) is 0 Å². The Morgan fingerprint density at radius 2 is 2.16 bits per heavy atom. The fourth-order valence-corrected chi connectivity index (χ4v) is 4.86. The van der Waals surface area contributed by atoms with Gasteiger partial charge in [0.2, 0.25) is 0 Å². The summed E-state index contributed by atoms with van der Waals surface area (Å²) < 4.78 is 1.99. The van der Waals surface area contributed by atoms with Gasteiger partial charge in [-0.2, -0.15) is 5.10 Å². The zero-order valence-electron chi connectivity index (χ0n) is 12.9. The maximum Gasteiger partial charge on any atom is 0.0547 e. The van der Waals surface area contributed by atoms with E-state index < -0.39 is 0 Å². The lowest BCUT2D eigenvalue weighted by atomic mass is 9.68. The minimum absolute atomic E-state index is 0.368. The molecule has 2 saturated carbocycles. The average Bonchev–Trinajstić information content (AvgIpc) is 2.95. The van der Waals surface area contributed by atoms with Crippen molar-refractivity contribution in [3.63, 3.8) is 0 Å². The third-order valence-corrected chi connectivity index (χ3v) is 5.99. The van der Waals surface area contributed by atoms with Crippen molar-refractivity contribution in [2.75, 3.05) is 0 Å². The first-order chi connectivity index (χ1) is 8.84. The number of rotatable bonds is 3. The van der Waals surface area contributed by atoms with E-state index >= 15 is 0 Å². The lowest BCUT2D eigenvalue weighted by Crippen LogP contribution is -2.51. The highest BCUT2D eigenvalue weighted by Crippen LogP contribution is 2.62. The van der Waals surface area contributed by atoms with Crippen LogP contribution in [0.5, 0.6) is 0 Å². The molecular weight excluding hydrogens is 234 g/mol. The van der Waals surface area contributed by atoms with Crippen molar-refractivity contribution in [3.8, 4) is 0 Å². The van der Waals surface area contributed by atoms with Gasteiger partial charge in [-0.25, -0.2) is 0 Å². The zero-order valence-corrected chi connectivity index (χ0v) is 12.9.